The average Bonchev–Trinajstić information content (AvgIpc) is 3.54. The molecular weight excluding hydrogens is 609 g/mol. The molecule has 48 heavy (non-hydrogen) atoms. The van der Waals surface area contributed by atoms with E-state index < -0.39 is 12.1 Å². The number of para-hydroxylation sites is 1. The summed E-state index contributed by atoms with van der Waals surface area (Å²) in [6, 6.07) is 22.1. The average molecular weight is 656 g/mol. The Labute approximate surface area is 282 Å². The van der Waals surface area contributed by atoms with Crippen molar-refractivity contribution in [3.63, 3.8) is 0 Å². The molecule has 4 aromatic rings. The highest BCUT2D eigenvalue weighted by molar-refractivity contribution is 5.86. The fraction of sp³-hybridized carbons (Fsp3) is 0.421. The number of carbonyl (C=O) groups excluding carboxylic acids is 2. The van der Waals surface area contributed by atoms with E-state index in [-0.39, 0.29) is 24.2 Å². The molecule has 2 N–H and O–H groups in total. The van der Waals surface area contributed by atoms with Gasteiger partial charge in [-0.3, -0.25) is 9.69 Å². The number of aromatic nitrogens is 1. The molecule has 3 heterocycles. The second-order valence-corrected chi connectivity index (χ2v) is 12.7. The van der Waals surface area contributed by atoms with Gasteiger partial charge in [-0.25, -0.2) is 9.18 Å². The number of H-pyrrole nitrogens is 1. The van der Waals surface area contributed by atoms with Crippen molar-refractivity contribution in [2.75, 3.05) is 52.4 Å². The molecule has 2 fully saturated rings. The van der Waals surface area contributed by atoms with Crippen LogP contribution in [-0.4, -0.2) is 90.1 Å². The lowest BCUT2D eigenvalue weighted by molar-refractivity contribution is -0.137. The Morgan fingerprint density at radius 2 is 1.67 bits per heavy atom. The molecule has 0 aliphatic carbocycles. The van der Waals surface area contributed by atoms with E-state index in [9.17, 15) is 14.0 Å². The molecule has 2 aliphatic heterocycles. The maximum absolute atomic E-state index is 14.7. The minimum atomic E-state index is -0.674. The van der Waals surface area contributed by atoms with Crippen LogP contribution in [0.2, 0.25) is 0 Å². The molecule has 1 atom stereocenters. The molecule has 3 aromatic carbocycles. The molecule has 2 aliphatic rings. The molecule has 0 bridgehead atoms. The van der Waals surface area contributed by atoms with Crippen molar-refractivity contribution in [2.24, 2.45) is 5.92 Å². The van der Waals surface area contributed by atoms with Gasteiger partial charge in [-0.05, 0) is 74.5 Å². The Morgan fingerprint density at radius 3 is 2.44 bits per heavy atom. The van der Waals surface area contributed by atoms with Crippen LogP contribution in [0.15, 0.2) is 79.0 Å². The van der Waals surface area contributed by atoms with Gasteiger partial charge < -0.3 is 29.6 Å². The first kappa shape index (κ1) is 33.5. The van der Waals surface area contributed by atoms with E-state index in [1.165, 1.54) is 17.0 Å². The van der Waals surface area contributed by atoms with Crippen LogP contribution in [0, 0.1) is 11.7 Å². The first-order chi connectivity index (χ1) is 23.5. The summed E-state index contributed by atoms with van der Waals surface area (Å²) in [5.41, 5.74) is 3.89. The number of fused-ring (bicyclic) bond motifs is 1. The third-order valence-electron chi connectivity index (χ3n) is 9.67. The number of aromatic amines is 1. The van der Waals surface area contributed by atoms with Crippen LogP contribution in [0.3, 0.4) is 0 Å². The summed E-state index contributed by atoms with van der Waals surface area (Å²) in [5, 5.41) is 4.23. The summed E-state index contributed by atoms with van der Waals surface area (Å²) < 4.78 is 26.0. The van der Waals surface area contributed by atoms with E-state index in [0.29, 0.717) is 50.6 Å². The summed E-state index contributed by atoms with van der Waals surface area (Å²) in [7, 11) is 0. The zero-order valence-corrected chi connectivity index (χ0v) is 27.7. The number of amides is 2. The summed E-state index contributed by atoms with van der Waals surface area (Å²) in [5.74, 6) is 0.188. The number of rotatable bonds is 12. The van der Waals surface area contributed by atoms with Crippen LogP contribution in [0.1, 0.15) is 36.5 Å². The summed E-state index contributed by atoms with van der Waals surface area (Å²) in [4.78, 5) is 37.0. The molecule has 1 aromatic heterocycles. The molecule has 0 radical (unpaired) electrons. The topological polar surface area (TPSA) is 90.1 Å². The van der Waals surface area contributed by atoms with Gasteiger partial charge >= 0.3 is 6.09 Å². The minimum absolute atomic E-state index is 0.00342. The number of carbonyl (C=O) groups is 2. The predicted molar refractivity (Wildman–Crippen MR) is 184 cm³/mol. The van der Waals surface area contributed by atoms with Crippen molar-refractivity contribution >= 4 is 22.9 Å². The molecule has 2 saturated heterocycles. The maximum atomic E-state index is 14.7. The number of piperidine rings is 1. The second kappa shape index (κ2) is 16.1. The second-order valence-electron chi connectivity index (χ2n) is 12.7. The van der Waals surface area contributed by atoms with Gasteiger partial charge in [0.05, 0.1) is 6.61 Å². The number of piperazine rings is 1. The summed E-state index contributed by atoms with van der Waals surface area (Å²) >= 11 is 0. The normalized spacial score (nSPS) is 16.9. The number of nitrogens with one attached hydrogen (secondary N) is 2. The molecule has 6 rings (SSSR count). The number of halogens is 1. The number of hydrogen-bond acceptors (Lipinski definition) is 6. The van der Waals surface area contributed by atoms with E-state index in [4.69, 9.17) is 9.47 Å². The third kappa shape index (κ3) is 8.35. The van der Waals surface area contributed by atoms with E-state index in [1.807, 2.05) is 48.2 Å². The minimum Gasteiger partial charge on any atom is -0.493 e. The van der Waals surface area contributed by atoms with E-state index in [1.54, 1.807) is 12.1 Å². The maximum Gasteiger partial charge on any atom is 0.408 e. The third-order valence-corrected chi connectivity index (χ3v) is 9.67. The summed E-state index contributed by atoms with van der Waals surface area (Å²) in [6.07, 6.45) is 4.07. The van der Waals surface area contributed by atoms with Crippen molar-refractivity contribution < 1.29 is 23.5 Å². The van der Waals surface area contributed by atoms with Crippen molar-refractivity contribution in [3.8, 4) is 5.75 Å². The Balaban J connectivity index is 1.06. The molecule has 0 saturated carbocycles. The van der Waals surface area contributed by atoms with Gasteiger partial charge in [0.25, 0.3) is 0 Å². The van der Waals surface area contributed by atoms with E-state index in [2.05, 4.69) is 44.5 Å². The molecule has 10 heteroatoms. The number of ether oxygens (including phenoxy) is 2. The van der Waals surface area contributed by atoms with Crippen LogP contribution in [0.5, 0.6) is 5.75 Å². The molecule has 0 spiro atoms. The van der Waals surface area contributed by atoms with Crippen molar-refractivity contribution in [3.05, 3.63) is 102 Å². The largest absolute Gasteiger partial charge is 0.493 e. The van der Waals surface area contributed by atoms with Crippen LogP contribution >= 0.6 is 0 Å². The van der Waals surface area contributed by atoms with E-state index >= 15 is 0 Å². The zero-order chi connectivity index (χ0) is 33.3. The quantitative estimate of drug-likeness (QED) is 0.207. The highest BCUT2D eigenvalue weighted by Crippen LogP contribution is 2.26. The Bertz CT molecular complexity index is 1650. The lowest BCUT2D eigenvalue weighted by atomic mass is 9.88. The number of hydrogen-bond donors (Lipinski definition) is 2. The fourth-order valence-electron chi connectivity index (χ4n) is 6.93. The van der Waals surface area contributed by atoms with Gasteiger partial charge in [0.15, 0.2) is 0 Å². The molecule has 9 nitrogen and oxygen atoms in total. The Morgan fingerprint density at radius 1 is 0.917 bits per heavy atom. The van der Waals surface area contributed by atoms with Gasteiger partial charge in [-0.1, -0.05) is 54.6 Å². The number of nitrogens with zero attached hydrogens (tertiary/aromatic N) is 3. The molecular formula is C38H46FN5O4. The first-order valence-electron chi connectivity index (χ1n) is 17.1. The molecule has 0 unspecified atom stereocenters. The van der Waals surface area contributed by atoms with Gasteiger partial charge in [-0.2, -0.15) is 0 Å². The van der Waals surface area contributed by atoms with Gasteiger partial charge in [0.1, 0.15) is 24.2 Å². The summed E-state index contributed by atoms with van der Waals surface area (Å²) in [6.45, 7) is 7.75. The van der Waals surface area contributed by atoms with Gasteiger partial charge in [-0.15, -0.1) is 0 Å². The highest BCUT2D eigenvalue weighted by atomic mass is 19.1. The van der Waals surface area contributed by atoms with Crippen LogP contribution in [-0.2, 0) is 29.1 Å². The van der Waals surface area contributed by atoms with E-state index in [0.717, 1.165) is 50.0 Å². The zero-order valence-electron chi connectivity index (χ0n) is 27.7. The Kier molecular flexibility index (Phi) is 11.3. The van der Waals surface area contributed by atoms with Crippen molar-refractivity contribution in [1.82, 2.24) is 25.0 Å². The lowest BCUT2D eigenvalue weighted by Gasteiger charge is -2.40. The van der Waals surface area contributed by atoms with Gasteiger partial charge in [0, 0.05) is 61.9 Å². The molecule has 2 amide bonds. The fourth-order valence-corrected chi connectivity index (χ4v) is 6.93. The van der Waals surface area contributed by atoms with Crippen molar-refractivity contribution in [1.29, 1.82) is 0 Å². The van der Waals surface area contributed by atoms with Gasteiger partial charge in [0.2, 0.25) is 5.91 Å². The standard InChI is InChI=1S/C38H46FN5O4/c1-2-47-35-14-8-12-33(39)32(35)26-43-21-23-44(24-22-43)37(45)36(41-38(46)48-27-28-9-4-3-5-10-28)29-15-18-42(19-16-29)20-17-30-25-40-34-13-7-6-11-31(30)34/h3-14,25,29,36,40H,2,15-24,26-27H2,1H3,(H,41,46)/t36-/m1/s1. The number of alkyl carbamates (subject to hydrolysis) is 1. The number of benzene rings is 3. The smallest absolute Gasteiger partial charge is 0.408 e. The van der Waals surface area contributed by atoms with Crippen LogP contribution in [0.25, 0.3) is 10.9 Å². The predicted octanol–water partition coefficient (Wildman–Crippen LogP) is 5.60. The van der Waals surface area contributed by atoms with Crippen LogP contribution < -0.4 is 10.1 Å². The first-order valence-corrected chi connectivity index (χ1v) is 17.1. The van der Waals surface area contributed by atoms with Crippen molar-refractivity contribution in [2.45, 2.75) is 45.4 Å². The van der Waals surface area contributed by atoms with Crippen LogP contribution in [0.4, 0.5) is 9.18 Å². The molecule has 254 valence electrons. The SMILES string of the molecule is CCOc1cccc(F)c1CN1CCN(C(=O)[C@H](NC(=O)OCc2ccccc2)C2CCN(CCc3c[nH]c4ccccc34)CC2)CC1. The lowest BCUT2D eigenvalue weighted by Crippen LogP contribution is -2.58. The monoisotopic (exact) mass is 655 g/mol. The Hall–Kier alpha value is -4.41. The highest BCUT2D eigenvalue weighted by Gasteiger charge is 2.36. The number of likely N-dealkylation sites (tertiary alicyclic amines) is 1.